The Morgan fingerprint density at radius 2 is 1.90 bits per heavy atom. The number of carbonyl (C=O) groups is 1. The molecule has 1 aliphatic carbocycles. The van der Waals surface area contributed by atoms with E-state index in [1.807, 2.05) is 30.3 Å². The van der Waals surface area contributed by atoms with Gasteiger partial charge in [-0.3, -0.25) is 9.79 Å². The molecule has 0 saturated heterocycles. The van der Waals surface area contributed by atoms with Crippen molar-refractivity contribution in [3.8, 4) is 0 Å². The van der Waals surface area contributed by atoms with Crippen molar-refractivity contribution in [3.63, 3.8) is 0 Å². The lowest BCUT2D eigenvalue weighted by atomic mass is 9.90. The van der Waals surface area contributed by atoms with Crippen LogP contribution in [0.5, 0.6) is 0 Å². The number of halogens is 2. The van der Waals surface area contributed by atoms with E-state index in [2.05, 4.69) is 27.0 Å². The maximum atomic E-state index is 14.2. The maximum absolute atomic E-state index is 14.2. The average molecular weight is 508 g/mol. The normalized spacial score (nSPS) is 19.4. The van der Waals surface area contributed by atoms with Crippen LogP contribution in [0.2, 0.25) is 0 Å². The Hall–Kier alpha value is -2.16. The van der Waals surface area contributed by atoms with E-state index in [1.165, 1.54) is 6.07 Å². The minimum Gasteiger partial charge on any atom is -0.356 e. The zero-order valence-electron chi connectivity index (χ0n) is 16.4. The molecule has 3 N–H and O–H groups in total. The Morgan fingerprint density at radius 3 is 2.62 bits per heavy atom. The van der Waals surface area contributed by atoms with Gasteiger partial charge in [-0.15, -0.1) is 24.0 Å². The van der Waals surface area contributed by atoms with Gasteiger partial charge < -0.3 is 16.0 Å². The number of carbonyl (C=O) groups excluding carboxylic acids is 1. The molecule has 2 aromatic rings. The van der Waals surface area contributed by atoms with Gasteiger partial charge >= 0.3 is 0 Å². The molecule has 2 aromatic carbocycles. The van der Waals surface area contributed by atoms with Crippen LogP contribution < -0.4 is 16.0 Å². The topological polar surface area (TPSA) is 65.5 Å². The molecule has 1 amide bonds. The SMILES string of the molecule is CN=C(NCC1CC(=O)Nc2ccccc21)NCC1(c2ccccc2F)CC1.I. The van der Waals surface area contributed by atoms with Crippen LogP contribution in [-0.2, 0) is 10.2 Å². The summed E-state index contributed by atoms with van der Waals surface area (Å²) in [4.78, 5) is 16.3. The van der Waals surface area contributed by atoms with E-state index in [0.29, 0.717) is 25.5 Å². The smallest absolute Gasteiger partial charge is 0.225 e. The predicted molar refractivity (Wildman–Crippen MR) is 125 cm³/mol. The fourth-order valence-corrected chi connectivity index (χ4v) is 3.96. The highest BCUT2D eigenvalue weighted by Crippen LogP contribution is 2.48. The van der Waals surface area contributed by atoms with E-state index in [4.69, 9.17) is 0 Å². The van der Waals surface area contributed by atoms with Crippen LogP contribution in [0.25, 0.3) is 0 Å². The molecule has 29 heavy (non-hydrogen) atoms. The summed E-state index contributed by atoms with van der Waals surface area (Å²) in [7, 11) is 1.72. The molecule has 0 spiro atoms. The maximum Gasteiger partial charge on any atom is 0.225 e. The van der Waals surface area contributed by atoms with Gasteiger partial charge in [-0.05, 0) is 36.1 Å². The first-order valence-electron chi connectivity index (χ1n) is 9.70. The third-order valence-corrected chi connectivity index (χ3v) is 5.74. The molecular formula is C22H26FIN4O. The van der Waals surface area contributed by atoms with Gasteiger partial charge in [0, 0.05) is 43.6 Å². The lowest BCUT2D eigenvalue weighted by Crippen LogP contribution is -2.43. The van der Waals surface area contributed by atoms with E-state index in [9.17, 15) is 9.18 Å². The number of nitrogens with one attached hydrogen (secondary N) is 3. The van der Waals surface area contributed by atoms with Gasteiger partial charge in [0.1, 0.15) is 5.82 Å². The van der Waals surface area contributed by atoms with Crippen molar-refractivity contribution in [1.82, 2.24) is 10.6 Å². The third-order valence-electron chi connectivity index (χ3n) is 5.74. The van der Waals surface area contributed by atoms with Crippen LogP contribution in [0.3, 0.4) is 0 Å². The van der Waals surface area contributed by atoms with E-state index in [0.717, 1.165) is 29.7 Å². The summed E-state index contributed by atoms with van der Waals surface area (Å²) in [6.07, 6.45) is 2.38. The van der Waals surface area contributed by atoms with Gasteiger partial charge in [-0.1, -0.05) is 36.4 Å². The Labute approximate surface area is 187 Å². The summed E-state index contributed by atoms with van der Waals surface area (Å²) in [5, 5.41) is 9.60. The number of amides is 1. The molecule has 1 saturated carbocycles. The highest BCUT2D eigenvalue weighted by atomic mass is 127. The van der Waals surface area contributed by atoms with E-state index in [1.54, 1.807) is 13.1 Å². The first kappa shape index (κ1) is 21.5. The van der Waals surface area contributed by atoms with Gasteiger partial charge in [-0.25, -0.2) is 4.39 Å². The van der Waals surface area contributed by atoms with Crippen LogP contribution in [-0.4, -0.2) is 32.0 Å². The molecule has 1 fully saturated rings. The van der Waals surface area contributed by atoms with Gasteiger partial charge in [0.2, 0.25) is 5.91 Å². The summed E-state index contributed by atoms with van der Waals surface area (Å²) in [6, 6.07) is 14.9. The lowest BCUT2D eigenvalue weighted by molar-refractivity contribution is -0.116. The van der Waals surface area contributed by atoms with Crippen molar-refractivity contribution >= 4 is 41.5 Å². The molecule has 0 bridgehead atoms. The number of para-hydroxylation sites is 1. The highest BCUT2D eigenvalue weighted by Gasteiger charge is 2.45. The summed E-state index contributed by atoms with van der Waals surface area (Å²) >= 11 is 0. The molecule has 4 rings (SSSR count). The number of guanidine groups is 1. The number of rotatable bonds is 5. The quantitative estimate of drug-likeness (QED) is 0.328. The fourth-order valence-electron chi connectivity index (χ4n) is 3.96. The second kappa shape index (κ2) is 9.11. The molecule has 1 atom stereocenters. The first-order valence-corrected chi connectivity index (χ1v) is 9.70. The number of nitrogens with zero attached hydrogens (tertiary/aromatic N) is 1. The van der Waals surface area contributed by atoms with Crippen molar-refractivity contribution in [3.05, 3.63) is 65.5 Å². The summed E-state index contributed by atoms with van der Waals surface area (Å²) < 4.78 is 14.2. The van der Waals surface area contributed by atoms with Gasteiger partial charge in [-0.2, -0.15) is 0 Å². The number of hydrogen-bond donors (Lipinski definition) is 3. The zero-order chi connectivity index (χ0) is 19.6. The second-order valence-corrected chi connectivity index (χ2v) is 7.60. The zero-order valence-corrected chi connectivity index (χ0v) is 18.7. The first-order chi connectivity index (χ1) is 13.6. The third kappa shape index (κ3) is 4.71. The van der Waals surface area contributed by atoms with Crippen molar-refractivity contribution in [2.24, 2.45) is 4.99 Å². The molecule has 5 nitrogen and oxygen atoms in total. The Balaban J connectivity index is 0.00000240. The average Bonchev–Trinajstić information content (AvgIpc) is 3.49. The summed E-state index contributed by atoms with van der Waals surface area (Å²) in [5.74, 6) is 0.649. The predicted octanol–water partition coefficient (Wildman–Crippen LogP) is 3.77. The Kier molecular flexibility index (Phi) is 6.77. The highest BCUT2D eigenvalue weighted by molar-refractivity contribution is 14.0. The molecule has 1 aliphatic heterocycles. The summed E-state index contributed by atoms with van der Waals surface area (Å²) in [6.45, 7) is 1.24. The number of fused-ring (bicyclic) bond motifs is 1. The molecule has 2 aliphatic rings. The van der Waals surface area contributed by atoms with Gasteiger partial charge in [0.05, 0.1) is 0 Å². The molecule has 0 radical (unpaired) electrons. The van der Waals surface area contributed by atoms with Crippen LogP contribution in [0, 0.1) is 5.82 Å². The Morgan fingerprint density at radius 1 is 1.17 bits per heavy atom. The van der Waals surface area contributed by atoms with Crippen LogP contribution in [0.1, 0.15) is 36.3 Å². The van der Waals surface area contributed by atoms with Crippen molar-refractivity contribution in [2.75, 3.05) is 25.5 Å². The molecule has 154 valence electrons. The van der Waals surface area contributed by atoms with Crippen molar-refractivity contribution in [2.45, 2.75) is 30.6 Å². The number of aliphatic imine (C=N–C) groups is 1. The van der Waals surface area contributed by atoms with Crippen molar-refractivity contribution < 1.29 is 9.18 Å². The second-order valence-electron chi connectivity index (χ2n) is 7.60. The number of hydrogen-bond acceptors (Lipinski definition) is 2. The van der Waals surface area contributed by atoms with Crippen LogP contribution >= 0.6 is 24.0 Å². The standard InChI is InChI=1S/C22H25FN4O.HI/c1-24-21(26-14-22(10-11-22)17-7-3-4-8-18(17)23)25-13-15-12-20(28)27-19-9-5-2-6-16(15)19;/h2-9,15H,10-14H2,1H3,(H,27,28)(H2,24,25,26);1H. The minimum absolute atomic E-state index is 0. The summed E-state index contributed by atoms with van der Waals surface area (Å²) in [5.41, 5.74) is 2.64. The molecule has 0 aromatic heterocycles. The minimum atomic E-state index is -0.152. The van der Waals surface area contributed by atoms with Crippen LogP contribution in [0.15, 0.2) is 53.5 Å². The lowest BCUT2D eigenvalue weighted by Gasteiger charge is -2.26. The monoisotopic (exact) mass is 508 g/mol. The number of benzene rings is 2. The Bertz CT molecular complexity index is 913. The van der Waals surface area contributed by atoms with Crippen LogP contribution in [0.4, 0.5) is 10.1 Å². The van der Waals surface area contributed by atoms with E-state index in [-0.39, 0.29) is 47.0 Å². The van der Waals surface area contributed by atoms with Gasteiger partial charge in [0.15, 0.2) is 5.96 Å². The number of anilines is 1. The molecule has 1 heterocycles. The largest absolute Gasteiger partial charge is 0.356 e. The fraction of sp³-hybridized carbons (Fsp3) is 0.364. The van der Waals surface area contributed by atoms with Gasteiger partial charge in [0.25, 0.3) is 0 Å². The van der Waals surface area contributed by atoms with E-state index >= 15 is 0 Å². The van der Waals surface area contributed by atoms with Crippen molar-refractivity contribution in [1.29, 1.82) is 0 Å². The van der Waals surface area contributed by atoms with E-state index < -0.39 is 0 Å². The molecule has 7 heteroatoms. The molecular weight excluding hydrogens is 482 g/mol. The molecule has 1 unspecified atom stereocenters.